The molecule has 98 valence electrons. The first-order chi connectivity index (χ1) is 7.97. The molecule has 0 radical (unpaired) electrons. The number of hydrogen-bond donors (Lipinski definition) is 1. The van der Waals surface area contributed by atoms with E-state index in [9.17, 15) is 9.59 Å². The van der Waals surface area contributed by atoms with E-state index in [4.69, 9.17) is 5.73 Å². The predicted molar refractivity (Wildman–Crippen MR) is 66.3 cm³/mol. The highest BCUT2D eigenvalue weighted by Gasteiger charge is 2.31. The highest BCUT2D eigenvalue weighted by Crippen LogP contribution is 2.23. The van der Waals surface area contributed by atoms with Crippen molar-refractivity contribution in [3.05, 3.63) is 0 Å². The van der Waals surface area contributed by atoms with Gasteiger partial charge >= 0.3 is 0 Å². The molecule has 1 saturated heterocycles. The minimum absolute atomic E-state index is 0.0454. The third-order valence-electron chi connectivity index (χ3n) is 3.48. The SMILES string of the molecule is C[C@H]1CCCN(C(=O)CC(=O)N(C)C)[C@@H]1CN. The van der Waals surface area contributed by atoms with E-state index in [1.54, 1.807) is 19.0 Å². The van der Waals surface area contributed by atoms with E-state index in [1.165, 1.54) is 4.90 Å². The Morgan fingerprint density at radius 2 is 2.06 bits per heavy atom. The largest absolute Gasteiger partial charge is 0.348 e. The second-order valence-electron chi connectivity index (χ2n) is 4.97. The average Bonchev–Trinajstić information content (AvgIpc) is 2.28. The molecule has 0 saturated carbocycles. The molecule has 2 N–H and O–H groups in total. The third kappa shape index (κ3) is 3.43. The summed E-state index contributed by atoms with van der Waals surface area (Å²) in [5, 5.41) is 0. The second-order valence-corrected chi connectivity index (χ2v) is 4.97. The fourth-order valence-electron chi connectivity index (χ4n) is 2.31. The van der Waals surface area contributed by atoms with Crippen LogP contribution in [-0.2, 0) is 9.59 Å². The maximum Gasteiger partial charge on any atom is 0.232 e. The Balaban J connectivity index is 2.63. The number of rotatable bonds is 3. The van der Waals surface area contributed by atoms with Crippen molar-refractivity contribution in [3.8, 4) is 0 Å². The van der Waals surface area contributed by atoms with Crippen molar-refractivity contribution in [3.63, 3.8) is 0 Å². The minimum Gasteiger partial charge on any atom is -0.348 e. The number of carbonyl (C=O) groups excluding carboxylic acids is 2. The maximum atomic E-state index is 12.1. The lowest BCUT2D eigenvalue weighted by Gasteiger charge is -2.39. The molecule has 5 heteroatoms. The van der Waals surface area contributed by atoms with Gasteiger partial charge in [-0.15, -0.1) is 0 Å². The van der Waals surface area contributed by atoms with Crippen LogP contribution in [0.2, 0.25) is 0 Å². The van der Waals surface area contributed by atoms with Gasteiger partial charge in [0.2, 0.25) is 11.8 Å². The number of piperidine rings is 1. The van der Waals surface area contributed by atoms with Crippen LogP contribution >= 0.6 is 0 Å². The molecule has 2 atom stereocenters. The van der Waals surface area contributed by atoms with Gasteiger partial charge in [0.05, 0.1) is 0 Å². The van der Waals surface area contributed by atoms with Crippen molar-refractivity contribution in [2.45, 2.75) is 32.2 Å². The zero-order valence-corrected chi connectivity index (χ0v) is 11.0. The molecule has 1 aliphatic rings. The van der Waals surface area contributed by atoms with E-state index >= 15 is 0 Å². The van der Waals surface area contributed by atoms with Crippen molar-refractivity contribution >= 4 is 11.8 Å². The van der Waals surface area contributed by atoms with Crippen molar-refractivity contribution in [2.24, 2.45) is 11.7 Å². The summed E-state index contributed by atoms with van der Waals surface area (Å²) in [6, 6.07) is 0.0891. The van der Waals surface area contributed by atoms with Crippen LogP contribution in [0.1, 0.15) is 26.2 Å². The Labute approximate surface area is 103 Å². The van der Waals surface area contributed by atoms with Gasteiger partial charge in [0.1, 0.15) is 6.42 Å². The molecular formula is C12H23N3O2. The molecular weight excluding hydrogens is 218 g/mol. The van der Waals surface area contributed by atoms with Crippen molar-refractivity contribution in [2.75, 3.05) is 27.2 Å². The summed E-state index contributed by atoms with van der Waals surface area (Å²) in [5.74, 6) is 0.182. The van der Waals surface area contributed by atoms with Crippen LogP contribution in [0.4, 0.5) is 0 Å². The highest BCUT2D eigenvalue weighted by atomic mass is 16.2. The van der Waals surface area contributed by atoms with Crippen molar-refractivity contribution in [1.82, 2.24) is 9.80 Å². The second kappa shape index (κ2) is 6.00. The van der Waals surface area contributed by atoms with Crippen LogP contribution in [0.3, 0.4) is 0 Å². The molecule has 1 fully saturated rings. The van der Waals surface area contributed by atoms with Gasteiger partial charge in [0.25, 0.3) is 0 Å². The van der Waals surface area contributed by atoms with Crippen LogP contribution in [0, 0.1) is 5.92 Å². The van der Waals surface area contributed by atoms with E-state index in [0.29, 0.717) is 12.5 Å². The summed E-state index contributed by atoms with van der Waals surface area (Å²) in [6.07, 6.45) is 2.06. The maximum absolute atomic E-state index is 12.1. The number of amides is 2. The molecule has 0 bridgehead atoms. The predicted octanol–water partition coefficient (Wildman–Crippen LogP) is 0.0505. The third-order valence-corrected chi connectivity index (χ3v) is 3.48. The first-order valence-electron chi connectivity index (χ1n) is 6.17. The molecule has 0 spiro atoms. The van der Waals surface area contributed by atoms with Gasteiger partial charge in [-0.25, -0.2) is 0 Å². The van der Waals surface area contributed by atoms with Gasteiger partial charge in [0.15, 0.2) is 0 Å². The summed E-state index contributed by atoms with van der Waals surface area (Å²) >= 11 is 0. The van der Waals surface area contributed by atoms with Crippen molar-refractivity contribution in [1.29, 1.82) is 0 Å². The fourth-order valence-corrected chi connectivity index (χ4v) is 2.31. The van der Waals surface area contributed by atoms with Crippen LogP contribution in [-0.4, -0.2) is 54.8 Å². The Hall–Kier alpha value is -1.10. The molecule has 0 unspecified atom stereocenters. The van der Waals surface area contributed by atoms with Crippen LogP contribution in [0.5, 0.6) is 0 Å². The van der Waals surface area contributed by atoms with Crippen LogP contribution in [0.25, 0.3) is 0 Å². The molecule has 0 aromatic heterocycles. The molecule has 1 aliphatic heterocycles. The molecule has 2 amide bonds. The quantitative estimate of drug-likeness (QED) is 0.710. The Morgan fingerprint density at radius 3 is 2.59 bits per heavy atom. The molecule has 1 heterocycles. The zero-order valence-electron chi connectivity index (χ0n) is 11.0. The normalized spacial score (nSPS) is 24.6. The van der Waals surface area contributed by atoms with Crippen LogP contribution < -0.4 is 5.73 Å². The number of nitrogens with two attached hydrogens (primary N) is 1. The Bertz CT molecular complexity index is 291. The number of carbonyl (C=O) groups is 2. The Morgan fingerprint density at radius 1 is 1.41 bits per heavy atom. The summed E-state index contributed by atoms with van der Waals surface area (Å²) in [4.78, 5) is 26.8. The summed E-state index contributed by atoms with van der Waals surface area (Å²) in [6.45, 7) is 3.32. The van der Waals surface area contributed by atoms with Gasteiger partial charge in [-0.2, -0.15) is 0 Å². The van der Waals surface area contributed by atoms with E-state index < -0.39 is 0 Å². The lowest BCUT2D eigenvalue weighted by Crippen LogP contribution is -2.52. The first kappa shape index (κ1) is 14.0. The summed E-state index contributed by atoms with van der Waals surface area (Å²) in [7, 11) is 3.32. The fraction of sp³-hybridized carbons (Fsp3) is 0.833. The number of hydrogen-bond acceptors (Lipinski definition) is 3. The van der Waals surface area contributed by atoms with Gasteiger partial charge in [0, 0.05) is 33.2 Å². The van der Waals surface area contributed by atoms with Gasteiger partial charge < -0.3 is 15.5 Å². The molecule has 5 nitrogen and oxygen atoms in total. The molecule has 0 aromatic rings. The van der Waals surface area contributed by atoms with E-state index in [1.807, 2.05) is 0 Å². The van der Waals surface area contributed by atoms with Crippen molar-refractivity contribution < 1.29 is 9.59 Å². The van der Waals surface area contributed by atoms with E-state index in [2.05, 4.69) is 6.92 Å². The van der Waals surface area contributed by atoms with E-state index in [-0.39, 0.29) is 24.3 Å². The minimum atomic E-state index is -0.149. The van der Waals surface area contributed by atoms with Gasteiger partial charge in [-0.05, 0) is 18.8 Å². The highest BCUT2D eigenvalue weighted by molar-refractivity contribution is 5.96. The first-order valence-corrected chi connectivity index (χ1v) is 6.17. The van der Waals surface area contributed by atoms with Gasteiger partial charge in [-0.1, -0.05) is 6.92 Å². The van der Waals surface area contributed by atoms with E-state index in [0.717, 1.165) is 19.4 Å². The molecule has 0 aliphatic carbocycles. The number of nitrogens with zero attached hydrogens (tertiary/aromatic N) is 2. The molecule has 0 aromatic carbocycles. The summed E-state index contributed by atoms with van der Waals surface area (Å²) < 4.78 is 0. The Kier molecular flexibility index (Phi) is 4.93. The average molecular weight is 241 g/mol. The topological polar surface area (TPSA) is 66.6 Å². The van der Waals surface area contributed by atoms with Crippen LogP contribution in [0.15, 0.2) is 0 Å². The zero-order chi connectivity index (χ0) is 13.0. The molecule has 17 heavy (non-hydrogen) atoms. The standard InChI is InChI=1S/C12H23N3O2/c1-9-5-4-6-15(10(9)8-13)12(17)7-11(16)14(2)3/h9-10H,4-8,13H2,1-3H3/t9-,10+/m0/s1. The molecule has 1 rings (SSSR count). The lowest BCUT2D eigenvalue weighted by atomic mass is 9.90. The smallest absolute Gasteiger partial charge is 0.232 e. The number of likely N-dealkylation sites (tertiary alicyclic amines) is 1. The lowest BCUT2D eigenvalue weighted by molar-refractivity contribution is -0.142. The monoisotopic (exact) mass is 241 g/mol. The summed E-state index contributed by atoms with van der Waals surface area (Å²) in [5.41, 5.74) is 5.72. The van der Waals surface area contributed by atoms with Gasteiger partial charge in [-0.3, -0.25) is 9.59 Å².